The van der Waals surface area contributed by atoms with E-state index < -0.39 is 11.9 Å². The molecule has 0 spiro atoms. The van der Waals surface area contributed by atoms with Gasteiger partial charge < -0.3 is 10.4 Å². The molecular formula is C16H15N5O3. The number of carbonyl (C=O) groups excluding carboxylic acids is 1. The molecule has 0 saturated carbocycles. The summed E-state index contributed by atoms with van der Waals surface area (Å²) in [5.74, 6) is -1.75. The molecule has 0 bridgehead atoms. The molecule has 24 heavy (non-hydrogen) atoms. The Morgan fingerprint density at radius 1 is 1.17 bits per heavy atom. The van der Waals surface area contributed by atoms with Gasteiger partial charge in [-0.25, -0.2) is 4.79 Å². The van der Waals surface area contributed by atoms with Crippen LogP contribution in [0.1, 0.15) is 26.4 Å². The van der Waals surface area contributed by atoms with Crippen LogP contribution in [-0.4, -0.2) is 36.5 Å². The zero-order valence-corrected chi connectivity index (χ0v) is 12.9. The Bertz CT molecular complexity index is 882. The third-order valence-corrected chi connectivity index (χ3v) is 3.46. The van der Waals surface area contributed by atoms with Crippen LogP contribution in [0.5, 0.6) is 0 Å². The smallest absolute Gasteiger partial charge is 0.354 e. The van der Waals surface area contributed by atoms with Gasteiger partial charge in [0.1, 0.15) is 0 Å². The summed E-state index contributed by atoms with van der Waals surface area (Å²) in [6, 6.07) is 9.78. The molecule has 122 valence electrons. The first-order valence-corrected chi connectivity index (χ1v) is 7.17. The minimum atomic E-state index is -1.21. The van der Waals surface area contributed by atoms with Crippen molar-refractivity contribution in [3.63, 3.8) is 0 Å². The highest BCUT2D eigenvalue weighted by Crippen LogP contribution is 2.13. The lowest BCUT2D eigenvalue weighted by Gasteiger charge is -2.03. The molecule has 0 aliphatic heterocycles. The Labute approximate surface area is 137 Å². The predicted octanol–water partition coefficient (Wildman–Crippen LogP) is 1.62. The molecule has 3 rings (SSSR count). The summed E-state index contributed by atoms with van der Waals surface area (Å²) in [5.41, 5.74) is 1.40. The number of rotatable bonds is 5. The lowest BCUT2D eigenvalue weighted by molar-refractivity contribution is 0.0680. The summed E-state index contributed by atoms with van der Waals surface area (Å²) >= 11 is 0. The van der Waals surface area contributed by atoms with Gasteiger partial charge in [-0.1, -0.05) is 30.3 Å². The molecule has 1 amide bonds. The van der Waals surface area contributed by atoms with Gasteiger partial charge in [0, 0.05) is 13.2 Å². The van der Waals surface area contributed by atoms with Gasteiger partial charge in [0.05, 0.1) is 30.2 Å². The van der Waals surface area contributed by atoms with Crippen LogP contribution in [0.4, 0.5) is 5.69 Å². The zero-order chi connectivity index (χ0) is 17.1. The number of carboxylic acid groups (broad SMARTS) is 1. The molecule has 2 heterocycles. The molecule has 0 fully saturated rings. The van der Waals surface area contributed by atoms with Gasteiger partial charge >= 0.3 is 5.97 Å². The number of nitrogens with zero attached hydrogens (tertiary/aromatic N) is 4. The van der Waals surface area contributed by atoms with E-state index >= 15 is 0 Å². The minimum absolute atomic E-state index is 0.000749. The average Bonchev–Trinajstić information content (AvgIpc) is 3.15. The molecule has 8 heteroatoms. The monoisotopic (exact) mass is 325 g/mol. The summed E-state index contributed by atoms with van der Waals surface area (Å²) in [6.45, 7) is 0.573. The molecule has 0 unspecified atom stereocenters. The Hall–Kier alpha value is -3.42. The Morgan fingerprint density at radius 2 is 1.92 bits per heavy atom. The SMILES string of the molecule is Cn1ncc(C(=O)Nc2cnn(Cc3ccccc3)c2)c1C(=O)O. The fourth-order valence-corrected chi connectivity index (χ4v) is 2.34. The Balaban J connectivity index is 1.73. The fourth-order valence-electron chi connectivity index (χ4n) is 2.34. The van der Waals surface area contributed by atoms with Crippen LogP contribution < -0.4 is 5.32 Å². The number of carboxylic acids is 1. The van der Waals surface area contributed by atoms with E-state index in [0.717, 1.165) is 10.2 Å². The maximum Gasteiger partial charge on any atom is 0.354 e. The largest absolute Gasteiger partial charge is 0.477 e. The molecule has 0 radical (unpaired) electrons. The van der Waals surface area contributed by atoms with Crippen LogP contribution in [-0.2, 0) is 13.6 Å². The van der Waals surface area contributed by atoms with Crippen molar-refractivity contribution in [3.8, 4) is 0 Å². The topological polar surface area (TPSA) is 102 Å². The average molecular weight is 325 g/mol. The van der Waals surface area contributed by atoms with Crippen molar-refractivity contribution in [1.29, 1.82) is 0 Å². The third-order valence-electron chi connectivity index (χ3n) is 3.46. The van der Waals surface area contributed by atoms with E-state index in [1.165, 1.54) is 19.4 Å². The molecule has 1 aromatic carbocycles. The van der Waals surface area contributed by atoms with Crippen LogP contribution in [0.25, 0.3) is 0 Å². The van der Waals surface area contributed by atoms with Gasteiger partial charge in [0.2, 0.25) is 0 Å². The number of aryl methyl sites for hydroxylation is 1. The van der Waals surface area contributed by atoms with Crippen molar-refractivity contribution in [1.82, 2.24) is 19.6 Å². The summed E-state index contributed by atoms with van der Waals surface area (Å²) in [6.07, 6.45) is 4.42. The first kappa shape index (κ1) is 15.5. The maximum atomic E-state index is 12.3. The number of nitrogens with one attached hydrogen (secondary N) is 1. The highest BCUT2D eigenvalue weighted by atomic mass is 16.4. The first-order chi connectivity index (χ1) is 11.5. The van der Waals surface area contributed by atoms with Crippen molar-refractivity contribution >= 4 is 17.6 Å². The number of aromatic nitrogens is 4. The lowest BCUT2D eigenvalue weighted by atomic mass is 10.2. The van der Waals surface area contributed by atoms with E-state index in [1.807, 2.05) is 30.3 Å². The number of aromatic carboxylic acids is 1. The van der Waals surface area contributed by atoms with Crippen molar-refractivity contribution in [2.45, 2.75) is 6.54 Å². The quantitative estimate of drug-likeness (QED) is 0.742. The number of benzene rings is 1. The molecule has 2 aromatic heterocycles. The van der Waals surface area contributed by atoms with Crippen LogP contribution in [0, 0.1) is 0 Å². The summed E-state index contributed by atoms with van der Waals surface area (Å²) in [5, 5.41) is 19.8. The van der Waals surface area contributed by atoms with E-state index in [1.54, 1.807) is 10.9 Å². The van der Waals surface area contributed by atoms with Crippen LogP contribution in [0.15, 0.2) is 48.9 Å². The molecule has 2 N–H and O–H groups in total. The molecule has 8 nitrogen and oxygen atoms in total. The van der Waals surface area contributed by atoms with Crippen molar-refractivity contribution in [2.24, 2.45) is 7.05 Å². The van der Waals surface area contributed by atoms with Crippen LogP contribution >= 0.6 is 0 Å². The highest BCUT2D eigenvalue weighted by Gasteiger charge is 2.21. The minimum Gasteiger partial charge on any atom is -0.477 e. The number of hydrogen-bond donors (Lipinski definition) is 2. The molecule has 0 aliphatic carbocycles. The van der Waals surface area contributed by atoms with Crippen LogP contribution in [0.2, 0.25) is 0 Å². The maximum absolute atomic E-state index is 12.3. The first-order valence-electron chi connectivity index (χ1n) is 7.17. The van der Waals surface area contributed by atoms with Crippen molar-refractivity contribution in [3.05, 3.63) is 65.7 Å². The van der Waals surface area contributed by atoms with Gasteiger partial charge in [0.25, 0.3) is 5.91 Å². The predicted molar refractivity (Wildman–Crippen MR) is 85.9 cm³/mol. The zero-order valence-electron chi connectivity index (χ0n) is 12.9. The molecular weight excluding hydrogens is 310 g/mol. The normalized spacial score (nSPS) is 10.5. The van der Waals surface area contributed by atoms with Gasteiger partial charge in [-0.3, -0.25) is 14.2 Å². The van der Waals surface area contributed by atoms with Gasteiger partial charge in [-0.15, -0.1) is 0 Å². The Kier molecular flexibility index (Phi) is 4.11. The van der Waals surface area contributed by atoms with E-state index in [-0.39, 0.29) is 11.3 Å². The lowest BCUT2D eigenvalue weighted by Crippen LogP contribution is -2.16. The summed E-state index contributed by atoms with van der Waals surface area (Å²) in [7, 11) is 1.47. The molecule has 0 saturated heterocycles. The standard InChI is InChI=1S/C16H15N5O3/c1-20-14(16(23)24)13(8-17-20)15(22)19-12-7-18-21(10-12)9-11-5-3-2-4-6-11/h2-8,10H,9H2,1H3,(H,19,22)(H,23,24). The van der Waals surface area contributed by atoms with Gasteiger partial charge in [0.15, 0.2) is 5.69 Å². The molecule has 0 aliphatic rings. The number of amides is 1. The van der Waals surface area contributed by atoms with Gasteiger partial charge in [-0.2, -0.15) is 10.2 Å². The number of carbonyl (C=O) groups is 2. The van der Waals surface area contributed by atoms with Crippen molar-refractivity contribution < 1.29 is 14.7 Å². The number of anilines is 1. The summed E-state index contributed by atoms with van der Waals surface area (Å²) < 4.78 is 2.84. The molecule has 3 aromatic rings. The fraction of sp³-hybridized carbons (Fsp3) is 0.125. The van der Waals surface area contributed by atoms with E-state index in [9.17, 15) is 9.59 Å². The second kappa shape index (κ2) is 6.37. The second-order valence-corrected chi connectivity index (χ2v) is 5.20. The van der Waals surface area contributed by atoms with Crippen LogP contribution in [0.3, 0.4) is 0 Å². The third kappa shape index (κ3) is 3.17. The number of hydrogen-bond acceptors (Lipinski definition) is 4. The van der Waals surface area contributed by atoms with Crippen molar-refractivity contribution in [2.75, 3.05) is 5.32 Å². The van der Waals surface area contributed by atoms with Gasteiger partial charge in [-0.05, 0) is 5.56 Å². The Morgan fingerprint density at radius 3 is 2.62 bits per heavy atom. The second-order valence-electron chi connectivity index (χ2n) is 5.20. The van der Waals surface area contributed by atoms with E-state index in [2.05, 4.69) is 15.5 Å². The highest BCUT2D eigenvalue weighted by molar-refractivity contribution is 6.09. The summed E-state index contributed by atoms with van der Waals surface area (Å²) in [4.78, 5) is 23.5. The van der Waals surface area contributed by atoms with E-state index in [0.29, 0.717) is 12.2 Å². The molecule has 0 atom stereocenters. The van der Waals surface area contributed by atoms with E-state index in [4.69, 9.17) is 5.11 Å².